The molecule has 6 nitrogen and oxygen atoms in total. The first-order valence-electron chi connectivity index (χ1n) is 9.67. The Bertz CT molecular complexity index is 1060. The van der Waals surface area contributed by atoms with Gasteiger partial charge in [0, 0.05) is 12.7 Å². The molecule has 0 bridgehead atoms. The standard InChI is InChI=1S/C24H26N2O4/c1-16(19-10-12-23(29-4)21(13-19)15-28-3)25-26-24(27)17(2)30-22-11-9-18-7-5-6-8-20(18)14-22/h5-14,17H,15H2,1-4H3,(H,26,27)/b25-16-/t17-/m0/s1. The van der Waals surface area contributed by atoms with Crippen LogP contribution in [0.1, 0.15) is 25.0 Å². The summed E-state index contributed by atoms with van der Waals surface area (Å²) in [7, 11) is 3.25. The second-order valence-electron chi connectivity index (χ2n) is 6.90. The van der Waals surface area contributed by atoms with Crippen molar-refractivity contribution in [3.8, 4) is 11.5 Å². The predicted molar refractivity (Wildman–Crippen MR) is 118 cm³/mol. The number of hydrogen-bond donors (Lipinski definition) is 1. The molecule has 6 heteroatoms. The third-order valence-corrected chi connectivity index (χ3v) is 4.73. The number of hydrogen-bond acceptors (Lipinski definition) is 5. The van der Waals surface area contributed by atoms with E-state index in [1.54, 1.807) is 21.1 Å². The van der Waals surface area contributed by atoms with E-state index in [2.05, 4.69) is 10.5 Å². The minimum atomic E-state index is -0.692. The van der Waals surface area contributed by atoms with Gasteiger partial charge < -0.3 is 14.2 Å². The monoisotopic (exact) mass is 406 g/mol. The summed E-state index contributed by atoms with van der Waals surface area (Å²) in [6.07, 6.45) is -0.692. The molecule has 3 rings (SSSR count). The van der Waals surface area contributed by atoms with Gasteiger partial charge in [-0.1, -0.05) is 30.3 Å². The molecule has 3 aromatic rings. The van der Waals surface area contributed by atoms with E-state index in [0.29, 0.717) is 18.1 Å². The highest BCUT2D eigenvalue weighted by Crippen LogP contribution is 2.22. The van der Waals surface area contributed by atoms with Crippen LogP contribution < -0.4 is 14.9 Å². The fraction of sp³-hybridized carbons (Fsp3) is 0.250. The molecule has 0 spiro atoms. The van der Waals surface area contributed by atoms with Crippen molar-refractivity contribution in [2.45, 2.75) is 26.6 Å². The van der Waals surface area contributed by atoms with Crippen LogP contribution in [0, 0.1) is 0 Å². The van der Waals surface area contributed by atoms with Gasteiger partial charge in [0.2, 0.25) is 0 Å². The molecule has 1 N–H and O–H groups in total. The molecule has 0 unspecified atom stereocenters. The zero-order valence-electron chi connectivity index (χ0n) is 17.6. The van der Waals surface area contributed by atoms with Crippen LogP contribution in [0.15, 0.2) is 65.8 Å². The molecule has 0 aliphatic carbocycles. The molecular weight excluding hydrogens is 380 g/mol. The van der Waals surface area contributed by atoms with Crippen LogP contribution in [0.2, 0.25) is 0 Å². The zero-order valence-corrected chi connectivity index (χ0v) is 17.6. The SMILES string of the molecule is COCc1cc(/C(C)=N\NC(=O)[C@H](C)Oc2ccc3ccccc3c2)ccc1OC. The predicted octanol–water partition coefficient (Wildman–Crippen LogP) is 4.30. The minimum absolute atomic E-state index is 0.326. The maximum atomic E-state index is 12.4. The Labute approximate surface area is 176 Å². The summed E-state index contributed by atoms with van der Waals surface area (Å²) in [5, 5.41) is 6.40. The Hall–Kier alpha value is -3.38. The van der Waals surface area contributed by atoms with Crippen LogP contribution in [0.25, 0.3) is 10.8 Å². The number of rotatable bonds is 8. The van der Waals surface area contributed by atoms with Crippen molar-refractivity contribution in [2.24, 2.45) is 5.10 Å². The molecule has 1 amide bonds. The normalized spacial score (nSPS) is 12.5. The average Bonchev–Trinajstić information content (AvgIpc) is 2.77. The number of hydrazone groups is 1. The molecule has 0 fully saturated rings. The van der Waals surface area contributed by atoms with Crippen LogP contribution in [0.3, 0.4) is 0 Å². The highest BCUT2D eigenvalue weighted by atomic mass is 16.5. The largest absolute Gasteiger partial charge is 0.496 e. The van der Waals surface area contributed by atoms with Gasteiger partial charge in [-0.25, -0.2) is 5.43 Å². The fourth-order valence-corrected chi connectivity index (χ4v) is 3.06. The summed E-state index contributed by atoms with van der Waals surface area (Å²) in [5.41, 5.74) is 5.02. The quantitative estimate of drug-likeness (QED) is 0.447. The summed E-state index contributed by atoms with van der Waals surface area (Å²) in [6, 6.07) is 19.4. The van der Waals surface area contributed by atoms with Gasteiger partial charge in [-0.15, -0.1) is 0 Å². The molecule has 0 saturated carbocycles. The van der Waals surface area contributed by atoms with Gasteiger partial charge in [-0.3, -0.25) is 4.79 Å². The Morgan fingerprint density at radius 3 is 2.53 bits per heavy atom. The van der Waals surface area contributed by atoms with Crippen LogP contribution in [0.4, 0.5) is 0 Å². The molecule has 0 aromatic heterocycles. The number of ether oxygens (including phenoxy) is 3. The number of nitrogens with one attached hydrogen (secondary N) is 1. The summed E-state index contributed by atoms with van der Waals surface area (Å²) in [5.74, 6) is 1.05. The lowest BCUT2D eigenvalue weighted by atomic mass is 10.1. The van der Waals surface area contributed by atoms with E-state index in [9.17, 15) is 4.79 Å². The van der Waals surface area contributed by atoms with Crippen molar-refractivity contribution in [1.82, 2.24) is 5.43 Å². The molecule has 0 aliphatic heterocycles. The summed E-state index contributed by atoms with van der Waals surface area (Å²) in [4.78, 5) is 12.4. The van der Waals surface area contributed by atoms with Gasteiger partial charge in [-0.2, -0.15) is 5.10 Å². The maximum absolute atomic E-state index is 12.4. The third kappa shape index (κ3) is 5.15. The van der Waals surface area contributed by atoms with Crippen molar-refractivity contribution in [1.29, 1.82) is 0 Å². The molecule has 0 aliphatic rings. The lowest BCUT2D eigenvalue weighted by Crippen LogP contribution is -2.33. The van der Waals surface area contributed by atoms with Crippen LogP contribution in [0.5, 0.6) is 11.5 Å². The molecule has 0 heterocycles. The first-order valence-corrected chi connectivity index (χ1v) is 9.67. The van der Waals surface area contributed by atoms with Crippen molar-refractivity contribution < 1.29 is 19.0 Å². The molecular formula is C24H26N2O4. The van der Waals surface area contributed by atoms with Crippen molar-refractivity contribution in [3.05, 3.63) is 71.8 Å². The molecule has 0 saturated heterocycles. The Kier molecular flexibility index (Phi) is 7.03. The number of carbonyl (C=O) groups excluding carboxylic acids is 1. The van der Waals surface area contributed by atoms with Crippen LogP contribution >= 0.6 is 0 Å². The maximum Gasteiger partial charge on any atom is 0.280 e. The van der Waals surface area contributed by atoms with Crippen molar-refractivity contribution in [3.63, 3.8) is 0 Å². The first-order chi connectivity index (χ1) is 14.5. The Morgan fingerprint density at radius 1 is 1.03 bits per heavy atom. The topological polar surface area (TPSA) is 69.2 Å². The van der Waals surface area contributed by atoms with Crippen molar-refractivity contribution >= 4 is 22.4 Å². The van der Waals surface area contributed by atoms with Gasteiger partial charge in [0.25, 0.3) is 5.91 Å². The fourth-order valence-electron chi connectivity index (χ4n) is 3.06. The zero-order chi connectivity index (χ0) is 21.5. The van der Waals surface area contributed by atoms with E-state index in [-0.39, 0.29) is 5.91 Å². The summed E-state index contributed by atoms with van der Waals surface area (Å²) >= 11 is 0. The third-order valence-electron chi connectivity index (χ3n) is 4.73. The van der Waals surface area contributed by atoms with Gasteiger partial charge in [0.15, 0.2) is 6.10 Å². The minimum Gasteiger partial charge on any atom is -0.496 e. The second kappa shape index (κ2) is 9.89. The number of carbonyl (C=O) groups is 1. The Balaban J connectivity index is 1.65. The smallest absolute Gasteiger partial charge is 0.280 e. The highest BCUT2D eigenvalue weighted by molar-refractivity contribution is 5.99. The summed E-state index contributed by atoms with van der Waals surface area (Å²) in [6.45, 7) is 3.94. The number of amides is 1. The molecule has 1 atom stereocenters. The van der Waals surface area contributed by atoms with E-state index in [1.165, 1.54) is 0 Å². The lowest BCUT2D eigenvalue weighted by molar-refractivity contribution is -0.127. The van der Waals surface area contributed by atoms with Crippen LogP contribution in [-0.4, -0.2) is 31.9 Å². The van der Waals surface area contributed by atoms with E-state index in [1.807, 2.05) is 67.6 Å². The van der Waals surface area contributed by atoms with E-state index in [0.717, 1.165) is 27.6 Å². The molecule has 30 heavy (non-hydrogen) atoms. The molecule has 156 valence electrons. The van der Waals surface area contributed by atoms with Crippen LogP contribution in [-0.2, 0) is 16.1 Å². The number of fused-ring (bicyclic) bond motifs is 1. The van der Waals surface area contributed by atoms with Gasteiger partial charge in [0.1, 0.15) is 11.5 Å². The number of methoxy groups -OCH3 is 2. The number of nitrogens with zero attached hydrogens (tertiary/aromatic N) is 1. The van der Waals surface area contributed by atoms with Crippen molar-refractivity contribution in [2.75, 3.05) is 14.2 Å². The van der Waals surface area contributed by atoms with E-state index < -0.39 is 6.10 Å². The van der Waals surface area contributed by atoms with Gasteiger partial charge in [-0.05, 0) is 60.5 Å². The summed E-state index contributed by atoms with van der Waals surface area (Å²) < 4.78 is 16.3. The molecule has 3 aromatic carbocycles. The average molecular weight is 406 g/mol. The molecule has 0 radical (unpaired) electrons. The second-order valence-corrected chi connectivity index (χ2v) is 6.90. The lowest BCUT2D eigenvalue weighted by Gasteiger charge is -2.14. The number of benzene rings is 3. The van der Waals surface area contributed by atoms with E-state index >= 15 is 0 Å². The van der Waals surface area contributed by atoms with E-state index in [4.69, 9.17) is 14.2 Å². The van der Waals surface area contributed by atoms with Gasteiger partial charge in [0.05, 0.1) is 19.4 Å². The Morgan fingerprint density at radius 2 is 1.80 bits per heavy atom. The van der Waals surface area contributed by atoms with Gasteiger partial charge >= 0.3 is 0 Å². The first kappa shape index (κ1) is 21.3. The highest BCUT2D eigenvalue weighted by Gasteiger charge is 2.15.